The number of hydrogen-bond acceptors (Lipinski definition) is 6. The summed E-state index contributed by atoms with van der Waals surface area (Å²) >= 11 is 0. The predicted molar refractivity (Wildman–Crippen MR) is 131 cm³/mol. The Morgan fingerprint density at radius 3 is 2.64 bits per heavy atom. The number of fused-ring (bicyclic) bond motifs is 1. The van der Waals surface area contributed by atoms with E-state index >= 15 is 0 Å². The molecule has 2 atom stereocenters. The van der Waals surface area contributed by atoms with E-state index in [4.69, 9.17) is 4.65 Å². The van der Waals surface area contributed by atoms with E-state index in [-0.39, 0.29) is 12.1 Å². The van der Waals surface area contributed by atoms with Gasteiger partial charge in [-0.2, -0.15) is 0 Å². The summed E-state index contributed by atoms with van der Waals surface area (Å²) in [6.45, 7) is 5.71. The van der Waals surface area contributed by atoms with Crippen molar-refractivity contribution < 1.29 is 23.2 Å². The highest BCUT2D eigenvalue weighted by Crippen LogP contribution is 2.41. The lowest BCUT2D eigenvalue weighted by atomic mass is 9.74. The van der Waals surface area contributed by atoms with E-state index in [2.05, 4.69) is 11.1 Å². The summed E-state index contributed by atoms with van der Waals surface area (Å²) in [5.41, 5.74) is 6.15. The van der Waals surface area contributed by atoms with E-state index in [0.717, 1.165) is 39.1 Å². The zero-order valence-electron chi connectivity index (χ0n) is 19.3. The molecule has 1 fully saturated rings. The normalized spacial score (nSPS) is 22.5. The summed E-state index contributed by atoms with van der Waals surface area (Å²) < 4.78 is 31.3. The number of aryl methyl sites for hydroxylation is 2. The molecule has 3 heterocycles. The Bertz CT molecular complexity index is 1180. The van der Waals surface area contributed by atoms with Gasteiger partial charge in [-0.25, -0.2) is 8.42 Å². The van der Waals surface area contributed by atoms with Crippen LogP contribution in [0.3, 0.4) is 0 Å². The molecule has 0 unspecified atom stereocenters. The Morgan fingerprint density at radius 2 is 2.00 bits per heavy atom. The molecule has 2 N–H and O–H groups in total. The highest BCUT2D eigenvalue weighted by atomic mass is 32.2. The standard InChI is InChI=1S/C25H30BNO5S/c1-4-19-15-33(30,31)23-14-26(29)32-22(24(19)23)9-8-20(21-7-5-6-10-27-21)13-18-11-16(2)25(28)17(3)12-18/h5-7,10-13,22-23,28-29H,4,8-9,14-15H2,1-3H3/b20-13-/t22-,23+/m1/s1. The van der Waals surface area contributed by atoms with Crippen LogP contribution in [0.4, 0.5) is 0 Å². The van der Waals surface area contributed by atoms with Crippen molar-refractivity contribution in [3.05, 3.63) is 70.1 Å². The van der Waals surface area contributed by atoms with Gasteiger partial charge in [0.05, 0.1) is 22.8 Å². The van der Waals surface area contributed by atoms with E-state index in [0.29, 0.717) is 25.0 Å². The number of aromatic nitrogens is 1. The maximum absolute atomic E-state index is 12.7. The minimum atomic E-state index is -3.29. The van der Waals surface area contributed by atoms with Crippen LogP contribution in [0, 0.1) is 13.8 Å². The highest BCUT2D eigenvalue weighted by Gasteiger charge is 2.47. The number of allylic oxidation sites excluding steroid dienone is 1. The van der Waals surface area contributed by atoms with Crippen LogP contribution in [0.2, 0.25) is 6.32 Å². The van der Waals surface area contributed by atoms with E-state index < -0.39 is 28.3 Å². The average Bonchev–Trinajstić information content (AvgIpc) is 3.05. The maximum atomic E-state index is 12.7. The van der Waals surface area contributed by atoms with Crippen LogP contribution in [0.15, 0.2) is 47.7 Å². The topological polar surface area (TPSA) is 96.7 Å². The molecule has 1 saturated heterocycles. The second-order valence-electron chi connectivity index (χ2n) is 8.95. The fraction of sp³-hybridized carbons (Fsp3) is 0.400. The molecule has 0 aliphatic carbocycles. The molecule has 1 aromatic carbocycles. The molecule has 0 radical (unpaired) electrons. The van der Waals surface area contributed by atoms with E-state index in [1.807, 2.05) is 51.1 Å². The van der Waals surface area contributed by atoms with Crippen molar-refractivity contribution in [3.63, 3.8) is 0 Å². The molecular weight excluding hydrogens is 437 g/mol. The number of phenols is 1. The number of pyridine rings is 1. The fourth-order valence-corrected chi connectivity index (χ4v) is 7.20. The monoisotopic (exact) mass is 467 g/mol. The van der Waals surface area contributed by atoms with Crippen molar-refractivity contribution in [2.75, 3.05) is 5.75 Å². The third-order valence-electron chi connectivity index (χ3n) is 6.60. The zero-order chi connectivity index (χ0) is 23.8. The number of phenolic OH excluding ortho intramolecular Hbond substituents is 1. The molecule has 4 rings (SSSR count). The molecule has 1 aromatic heterocycles. The first kappa shape index (κ1) is 23.7. The van der Waals surface area contributed by atoms with Crippen LogP contribution in [0.1, 0.15) is 48.6 Å². The number of rotatable bonds is 6. The Labute approximate surface area is 196 Å². The van der Waals surface area contributed by atoms with Gasteiger partial charge in [0, 0.05) is 12.5 Å². The third-order valence-corrected chi connectivity index (χ3v) is 8.66. The first-order valence-electron chi connectivity index (χ1n) is 11.4. The van der Waals surface area contributed by atoms with Crippen LogP contribution in [-0.2, 0) is 14.5 Å². The number of sulfone groups is 1. The predicted octanol–water partition coefficient (Wildman–Crippen LogP) is 4.11. The van der Waals surface area contributed by atoms with Crippen molar-refractivity contribution in [3.8, 4) is 5.75 Å². The lowest BCUT2D eigenvalue weighted by molar-refractivity contribution is 0.171. The highest BCUT2D eigenvalue weighted by molar-refractivity contribution is 7.92. The van der Waals surface area contributed by atoms with Gasteiger partial charge in [-0.15, -0.1) is 0 Å². The van der Waals surface area contributed by atoms with Gasteiger partial charge in [0.25, 0.3) is 0 Å². The zero-order valence-corrected chi connectivity index (χ0v) is 20.1. The van der Waals surface area contributed by atoms with Crippen molar-refractivity contribution in [1.29, 1.82) is 0 Å². The number of nitrogens with zero attached hydrogens (tertiary/aromatic N) is 1. The average molecular weight is 467 g/mol. The molecule has 2 aromatic rings. The van der Waals surface area contributed by atoms with Crippen molar-refractivity contribution in [2.24, 2.45) is 0 Å². The van der Waals surface area contributed by atoms with Crippen molar-refractivity contribution >= 4 is 28.6 Å². The number of benzene rings is 1. The molecule has 8 heteroatoms. The molecule has 174 valence electrons. The van der Waals surface area contributed by atoms with Gasteiger partial charge in [0.2, 0.25) is 0 Å². The van der Waals surface area contributed by atoms with Gasteiger partial charge in [0.15, 0.2) is 9.84 Å². The van der Waals surface area contributed by atoms with E-state index in [1.54, 1.807) is 6.20 Å². The Kier molecular flexibility index (Phi) is 6.79. The van der Waals surface area contributed by atoms with Crippen molar-refractivity contribution in [2.45, 2.75) is 57.7 Å². The number of hydrogen-bond donors (Lipinski definition) is 2. The van der Waals surface area contributed by atoms with Crippen LogP contribution >= 0.6 is 0 Å². The second-order valence-corrected chi connectivity index (χ2v) is 11.1. The molecule has 0 bridgehead atoms. The number of aromatic hydroxyl groups is 1. The molecule has 0 saturated carbocycles. The summed E-state index contributed by atoms with van der Waals surface area (Å²) in [6, 6.07) is 9.61. The fourth-order valence-electron chi connectivity index (χ4n) is 4.98. The van der Waals surface area contributed by atoms with Gasteiger partial charge < -0.3 is 14.8 Å². The van der Waals surface area contributed by atoms with Gasteiger partial charge >= 0.3 is 7.12 Å². The second kappa shape index (κ2) is 9.45. The van der Waals surface area contributed by atoms with Crippen LogP contribution in [0.5, 0.6) is 5.75 Å². The summed E-state index contributed by atoms with van der Waals surface area (Å²) in [6.07, 6.45) is 5.26. The minimum absolute atomic E-state index is 0.0606. The smallest absolute Gasteiger partial charge is 0.456 e. The molecular formula is C25H30BNO5S. The first-order valence-corrected chi connectivity index (χ1v) is 13.1. The van der Waals surface area contributed by atoms with E-state index in [9.17, 15) is 18.5 Å². The first-order chi connectivity index (χ1) is 15.7. The lowest BCUT2D eigenvalue weighted by Gasteiger charge is -2.32. The quantitative estimate of drug-likeness (QED) is 0.491. The molecule has 2 aliphatic rings. The third kappa shape index (κ3) is 4.93. The lowest BCUT2D eigenvalue weighted by Crippen LogP contribution is -2.41. The Hall–Kier alpha value is -2.42. The van der Waals surface area contributed by atoms with Crippen molar-refractivity contribution in [1.82, 2.24) is 4.98 Å². The van der Waals surface area contributed by atoms with E-state index in [1.165, 1.54) is 0 Å². The van der Waals surface area contributed by atoms with Crippen LogP contribution < -0.4 is 0 Å². The Balaban J connectivity index is 1.66. The summed E-state index contributed by atoms with van der Waals surface area (Å²) in [7, 11) is -4.38. The summed E-state index contributed by atoms with van der Waals surface area (Å²) in [5, 5.41) is 19.7. The van der Waals surface area contributed by atoms with Gasteiger partial charge in [0.1, 0.15) is 5.75 Å². The van der Waals surface area contributed by atoms with Gasteiger partial charge in [-0.1, -0.05) is 18.6 Å². The summed E-state index contributed by atoms with van der Waals surface area (Å²) in [5.74, 6) is 0.356. The van der Waals surface area contributed by atoms with Crippen LogP contribution in [0.25, 0.3) is 11.6 Å². The molecule has 6 nitrogen and oxygen atoms in total. The molecule has 2 aliphatic heterocycles. The van der Waals surface area contributed by atoms with Crippen LogP contribution in [-0.4, -0.2) is 47.8 Å². The summed E-state index contributed by atoms with van der Waals surface area (Å²) in [4.78, 5) is 4.52. The SMILES string of the molecule is CCC1=C2[C@@H](CC/C(=C/c3cc(C)c(O)c(C)c3)c3ccccn3)OB(O)C[C@@H]2S(=O)(=O)C1. The van der Waals surface area contributed by atoms with Gasteiger partial charge in [-0.3, -0.25) is 4.98 Å². The molecule has 33 heavy (non-hydrogen) atoms. The molecule has 0 spiro atoms. The molecule has 0 amide bonds. The Morgan fingerprint density at radius 1 is 1.27 bits per heavy atom. The minimum Gasteiger partial charge on any atom is -0.507 e. The maximum Gasteiger partial charge on any atom is 0.456 e. The largest absolute Gasteiger partial charge is 0.507 e. The van der Waals surface area contributed by atoms with Gasteiger partial charge in [-0.05, 0) is 91.3 Å².